The van der Waals surface area contributed by atoms with E-state index in [2.05, 4.69) is 56.9 Å². The van der Waals surface area contributed by atoms with Gasteiger partial charge in [-0.3, -0.25) is 4.90 Å². The molecule has 0 saturated carbocycles. The van der Waals surface area contributed by atoms with Gasteiger partial charge < -0.3 is 10.9 Å². The molecule has 1 aromatic rings. The van der Waals surface area contributed by atoms with E-state index in [0.29, 0.717) is 12.5 Å². The Hall–Kier alpha value is -1.55. The molecule has 0 radical (unpaired) electrons. The summed E-state index contributed by atoms with van der Waals surface area (Å²) in [6.45, 7) is 8.88. The van der Waals surface area contributed by atoms with E-state index < -0.39 is 0 Å². The Morgan fingerprint density at radius 2 is 1.85 bits per heavy atom. The molecule has 0 spiro atoms. The van der Waals surface area contributed by atoms with Crippen molar-refractivity contribution in [2.24, 2.45) is 16.3 Å². The monoisotopic (exact) mass is 277 g/mol. The molecule has 0 aliphatic carbocycles. The maximum Gasteiger partial charge on any atom is 0.141 e. The molecule has 0 amide bonds. The first-order chi connectivity index (χ1) is 9.27. The van der Waals surface area contributed by atoms with Crippen LogP contribution in [0.4, 0.5) is 0 Å². The maximum absolute atomic E-state index is 8.86. The Balaban J connectivity index is 3.05. The molecule has 1 aromatic carbocycles. The fourth-order valence-corrected chi connectivity index (χ4v) is 2.29. The summed E-state index contributed by atoms with van der Waals surface area (Å²) in [5.74, 6) is 0.256. The molecule has 3 N–H and O–H groups in total. The smallest absolute Gasteiger partial charge is 0.141 e. The molecule has 0 aromatic heterocycles. The summed E-state index contributed by atoms with van der Waals surface area (Å²) in [6.07, 6.45) is 0.511. The first-order valence-corrected chi connectivity index (χ1v) is 7.00. The van der Waals surface area contributed by atoms with Crippen LogP contribution in [0.5, 0.6) is 0 Å². The van der Waals surface area contributed by atoms with E-state index in [1.165, 1.54) is 5.56 Å². The summed E-state index contributed by atoms with van der Waals surface area (Å²) in [7, 11) is 2.10. The topological polar surface area (TPSA) is 61.8 Å². The van der Waals surface area contributed by atoms with E-state index in [4.69, 9.17) is 10.9 Å². The third-order valence-electron chi connectivity index (χ3n) is 4.07. The van der Waals surface area contributed by atoms with Crippen molar-refractivity contribution in [1.82, 2.24) is 4.90 Å². The Labute approximate surface area is 122 Å². The van der Waals surface area contributed by atoms with Gasteiger partial charge in [0.1, 0.15) is 5.84 Å². The van der Waals surface area contributed by atoms with Gasteiger partial charge in [-0.15, -0.1) is 0 Å². The minimum Gasteiger partial charge on any atom is -0.409 e. The number of nitrogens with zero attached hydrogens (tertiary/aromatic N) is 2. The molecule has 112 valence electrons. The summed E-state index contributed by atoms with van der Waals surface area (Å²) in [6, 6.07) is 10.7. The van der Waals surface area contributed by atoms with E-state index in [0.717, 1.165) is 0 Å². The summed E-state index contributed by atoms with van der Waals surface area (Å²) < 4.78 is 0. The second-order valence-electron chi connectivity index (χ2n) is 6.43. The zero-order valence-electron chi connectivity index (χ0n) is 13.2. The highest BCUT2D eigenvalue weighted by molar-refractivity contribution is 5.80. The third kappa shape index (κ3) is 4.23. The first-order valence-electron chi connectivity index (χ1n) is 7.00. The molecular weight excluding hydrogens is 250 g/mol. The van der Waals surface area contributed by atoms with Crippen LogP contribution in [0, 0.1) is 5.41 Å². The van der Waals surface area contributed by atoms with Crippen molar-refractivity contribution >= 4 is 5.84 Å². The van der Waals surface area contributed by atoms with Gasteiger partial charge in [-0.2, -0.15) is 0 Å². The average molecular weight is 277 g/mol. The number of oxime groups is 1. The van der Waals surface area contributed by atoms with Crippen molar-refractivity contribution < 1.29 is 5.21 Å². The predicted molar refractivity (Wildman–Crippen MR) is 83.9 cm³/mol. The second-order valence-corrected chi connectivity index (χ2v) is 6.43. The van der Waals surface area contributed by atoms with Gasteiger partial charge in [0.2, 0.25) is 0 Å². The van der Waals surface area contributed by atoms with E-state index in [1.54, 1.807) is 0 Å². The molecule has 0 bridgehead atoms. The van der Waals surface area contributed by atoms with Crippen LogP contribution in [-0.2, 0) is 0 Å². The molecule has 0 saturated heterocycles. The molecular formula is C16H27N3O. The maximum atomic E-state index is 8.86. The lowest BCUT2D eigenvalue weighted by Gasteiger charge is -2.40. The van der Waals surface area contributed by atoms with Crippen molar-refractivity contribution in [3.8, 4) is 0 Å². The van der Waals surface area contributed by atoms with Crippen LogP contribution in [0.1, 0.15) is 45.7 Å². The average Bonchev–Trinajstić information content (AvgIpc) is 2.42. The van der Waals surface area contributed by atoms with Crippen molar-refractivity contribution in [2.75, 3.05) is 7.05 Å². The largest absolute Gasteiger partial charge is 0.409 e. The van der Waals surface area contributed by atoms with E-state index in [1.807, 2.05) is 18.2 Å². The summed E-state index contributed by atoms with van der Waals surface area (Å²) >= 11 is 0. The Bertz CT molecular complexity index is 437. The summed E-state index contributed by atoms with van der Waals surface area (Å²) in [5, 5.41) is 12.0. The van der Waals surface area contributed by atoms with Crippen molar-refractivity contribution in [3.05, 3.63) is 35.9 Å². The number of hydrogen-bond donors (Lipinski definition) is 2. The highest BCUT2D eigenvalue weighted by atomic mass is 16.4. The van der Waals surface area contributed by atoms with Crippen LogP contribution < -0.4 is 5.73 Å². The highest BCUT2D eigenvalue weighted by Crippen LogP contribution is 2.31. The van der Waals surface area contributed by atoms with E-state index in [-0.39, 0.29) is 17.3 Å². The molecule has 4 heteroatoms. The van der Waals surface area contributed by atoms with E-state index >= 15 is 0 Å². The van der Waals surface area contributed by atoms with Crippen LogP contribution in [0.15, 0.2) is 35.5 Å². The van der Waals surface area contributed by atoms with Crippen molar-refractivity contribution in [2.45, 2.75) is 46.2 Å². The quantitative estimate of drug-likeness (QED) is 0.376. The first kappa shape index (κ1) is 16.5. The lowest BCUT2D eigenvalue weighted by molar-refractivity contribution is 0.0991. The molecule has 4 nitrogen and oxygen atoms in total. The molecule has 2 atom stereocenters. The van der Waals surface area contributed by atoms with Crippen molar-refractivity contribution in [3.63, 3.8) is 0 Å². The standard InChI is InChI=1S/C16H27N3O/c1-12(16(2,3)4)19(5)14(11-15(17)18-20)13-9-7-6-8-10-13/h6-10,12,14,20H,11H2,1-5H3,(H2,17,18). The SMILES string of the molecule is CC(N(C)C(CC(N)=NO)c1ccccc1)C(C)(C)C. The van der Waals surface area contributed by atoms with Gasteiger partial charge in [0.15, 0.2) is 0 Å². The minimum absolute atomic E-state index is 0.0984. The zero-order valence-corrected chi connectivity index (χ0v) is 13.2. The molecule has 2 unspecified atom stereocenters. The van der Waals surface area contributed by atoms with Gasteiger partial charge in [0, 0.05) is 18.5 Å². The van der Waals surface area contributed by atoms with Gasteiger partial charge in [0.25, 0.3) is 0 Å². The number of hydrogen-bond acceptors (Lipinski definition) is 3. The van der Waals surface area contributed by atoms with E-state index in [9.17, 15) is 0 Å². The minimum atomic E-state index is 0.0984. The molecule has 0 aliphatic heterocycles. The number of rotatable bonds is 5. The second kappa shape index (κ2) is 6.75. The zero-order chi connectivity index (χ0) is 15.3. The van der Waals surface area contributed by atoms with Crippen LogP contribution >= 0.6 is 0 Å². The molecule has 1 rings (SSSR count). The Morgan fingerprint density at radius 1 is 1.30 bits per heavy atom. The molecule has 0 heterocycles. The van der Waals surface area contributed by atoms with Crippen LogP contribution in [0.3, 0.4) is 0 Å². The summed E-state index contributed by atoms with van der Waals surface area (Å²) in [5.41, 5.74) is 7.07. The number of nitrogens with two attached hydrogens (primary N) is 1. The fourth-order valence-electron chi connectivity index (χ4n) is 2.29. The van der Waals surface area contributed by atoms with Gasteiger partial charge in [-0.1, -0.05) is 56.3 Å². The normalized spacial score (nSPS) is 16.2. The fraction of sp³-hybridized carbons (Fsp3) is 0.562. The number of amidine groups is 1. The summed E-state index contributed by atoms with van der Waals surface area (Å²) in [4.78, 5) is 2.30. The molecule has 0 aliphatic rings. The van der Waals surface area contributed by atoms with Gasteiger partial charge in [-0.05, 0) is 24.9 Å². The predicted octanol–water partition coefficient (Wildman–Crippen LogP) is 3.23. The van der Waals surface area contributed by atoms with Crippen LogP contribution in [0.2, 0.25) is 0 Å². The van der Waals surface area contributed by atoms with Gasteiger partial charge in [-0.25, -0.2) is 0 Å². The van der Waals surface area contributed by atoms with Gasteiger partial charge >= 0.3 is 0 Å². The Morgan fingerprint density at radius 3 is 2.30 bits per heavy atom. The highest BCUT2D eigenvalue weighted by Gasteiger charge is 2.29. The van der Waals surface area contributed by atoms with Crippen LogP contribution in [0.25, 0.3) is 0 Å². The third-order valence-corrected chi connectivity index (χ3v) is 4.07. The molecule has 0 fully saturated rings. The Kier molecular flexibility index (Phi) is 5.57. The van der Waals surface area contributed by atoms with Crippen LogP contribution in [-0.4, -0.2) is 29.0 Å². The number of benzene rings is 1. The molecule has 20 heavy (non-hydrogen) atoms. The van der Waals surface area contributed by atoms with Crippen molar-refractivity contribution in [1.29, 1.82) is 0 Å². The lowest BCUT2D eigenvalue weighted by Crippen LogP contribution is -2.42. The lowest BCUT2D eigenvalue weighted by atomic mass is 9.85. The van der Waals surface area contributed by atoms with Gasteiger partial charge in [0.05, 0.1) is 0 Å².